The molecular weight excluding hydrogens is 1080 g/mol. The highest BCUT2D eigenvalue weighted by atomic mass is 16.6. The summed E-state index contributed by atoms with van der Waals surface area (Å²) in [7, 11) is 0. The van der Waals surface area contributed by atoms with Gasteiger partial charge in [0.2, 0.25) is 0 Å². The Morgan fingerprint density at radius 1 is 0.273 bits per heavy atom. The van der Waals surface area contributed by atoms with Crippen LogP contribution in [0.3, 0.4) is 0 Å². The number of allylic oxidation sites excluding steroid dienone is 10. The van der Waals surface area contributed by atoms with E-state index >= 15 is 0 Å². The third kappa shape index (κ3) is 76.1. The fourth-order valence-corrected chi connectivity index (χ4v) is 12.4. The molecule has 1 N–H and O–H groups in total. The molecule has 0 aromatic carbocycles. The normalized spacial score (nSPS) is 12.4. The van der Waals surface area contributed by atoms with Crippen molar-refractivity contribution in [1.29, 1.82) is 0 Å². The second kappa shape index (κ2) is 78.8. The predicted molar refractivity (Wildman–Crippen MR) is 390 cm³/mol. The number of aliphatic hydroxyl groups is 1. The smallest absolute Gasteiger partial charge is 0.306 e. The van der Waals surface area contributed by atoms with Crippen LogP contribution >= 0.6 is 0 Å². The number of unbranched alkanes of at least 4 members (excludes halogenated alkanes) is 57. The Kier molecular flexibility index (Phi) is 76.7. The molecule has 0 aliphatic rings. The monoisotopic (exact) mass is 1230 g/mol. The lowest BCUT2D eigenvalue weighted by molar-refractivity contribution is -0.161. The van der Waals surface area contributed by atoms with E-state index in [0.29, 0.717) is 12.8 Å². The van der Waals surface area contributed by atoms with Crippen LogP contribution in [0.15, 0.2) is 60.8 Å². The molecule has 5 nitrogen and oxygen atoms in total. The lowest BCUT2D eigenvalue weighted by atomic mass is 10.0. The van der Waals surface area contributed by atoms with Crippen molar-refractivity contribution >= 4 is 11.9 Å². The third-order valence-electron chi connectivity index (χ3n) is 18.3. The first kappa shape index (κ1) is 85.6. The summed E-state index contributed by atoms with van der Waals surface area (Å²) in [6.45, 7) is 4.09. The molecular formula is C83H154O5. The SMILES string of the molecule is CC/C=C\C/C=C\C/C=C\C/C=C\C/C=C\CCCCCCCCCCCCCCCCCCCC(=O)OC(CO)COC(=O)CCCCCCCCCCCCCCCCCCCCCCCCCCCCCCCCCCCCCCCCCCC. The zero-order valence-corrected chi connectivity index (χ0v) is 59.5. The van der Waals surface area contributed by atoms with E-state index in [1.54, 1.807) is 0 Å². The first-order valence-electron chi connectivity index (χ1n) is 39.8. The van der Waals surface area contributed by atoms with Gasteiger partial charge in [-0.1, -0.05) is 428 Å². The lowest BCUT2D eigenvalue weighted by Gasteiger charge is -2.15. The van der Waals surface area contributed by atoms with Crippen LogP contribution in [0.25, 0.3) is 0 Å². The van der Waals surface area contributed by atoms with Gasteiger partial charge < -0.3 is 14.6 Å². The molecule has 5 heteroatoms. The Morgan fingerprint density at radius 2 is 0.489 bits per heavy atom. The fraction of sp³-hybridized carbons (Fsp3) is 0.855. The highest BCUT2D eigenvalue weighted by Gasteiger charge is 2.16. The molecule has 0 bridgehead atoms. The van der Waals surface area contributed by atoms with Crippen molar-refractivity contribution in [1.82, 2.24) is 0 Å². The molecule has 0 rings (SSSR count). The number of carbonyl (C=O) groups is 2. The van der Waals surface area contributed by atoms with Crippen molar-refractivity contribution in [3.8, 4) is 0 Å². The van der Waals surface area contributed by atoms with E-state index in [1.807, 2.05) is 0 Å². The second-order valence-corrected chi connectivity index (χ2v) is 27.1. The zero-order valence-electron chi connectivity index (χ0n) is 59.5. The molecule has 1 atom stereocenters. The molecule has 0 saturated carbocycles. The van der Waals surface area contributed by atoms with Crippen molar-refractivity contribution in [2.45, 2.75) is 444 Å². The van der Waals surface area contributed by atoms with E-state index in [9.17, 15) is 14.7 Å². The van der Waals surface area contributed by atoms with Gasteiger partial charge in [-0.25, -0.2) is 0 Å². The van der Waals surface area contributed by atoms with Gasteiger partial charge in [0, 0.05) is 12.8 Å². The van der Waals surface area contributed by atoms with Crippen molar-refractivity contribution < 1.29 is 24.2 Å². The molecule has 0 spiro atoms. The quantitative estimate of drug-likeness (QED) is 0.0373. The average molecular weight is 1230 g/mol. The minimum atomic E-state index is -0.773. The van der Waals surface area contributed by atoms with Crippen LogP contribution in [-0.4, -0.2) is 36.4 Å². The number of carbonyl (C=O) groups excluding carboxylic acids is 2. The summed E-state index contributed by atoms with van der Waals surface area (Å²) in [4.78, 5) is 24.7. The lowest BCUT2D eigenvalue weighted by Crippen LogP contribution is -2.28. The first-order chi connectivity index (χ1) is 43.6. The van der Waals surface area contributed by atoms with Crippen LogP contribution in [0.2, 0.25) is 0 Å². The minimum absolute atomic E-state index is 0.0608. The van der Waals surface area contributed by atoms with Crippen LogP contribution in [0.4, 0.5) is 0 Å². The van der Waals surface area contributed by atoms with Gasteiger partial charge in [0.05, 0.1) is 6.61 Å². The highest BCUT2D eigenvalue weighted by Crippen LogP contribution is 2.20. The summed E-state index contributed by atoms with van der Waals surface area (Å²) in [6, 6.07) is 0. The summed E-state index contributed by atoms with van der Waals surface area (Å²) in [5.41, 5.74) is 0. The van der Waals surface area contributed by atoms with Gasteiger partial charge >= 0.3 is 11.9 Å². The highest BCUT2D eigenvalue weighted by molar-refractivity contribution is 5.70. The largest absolute Gasteiger partial charge is 0.462 e. The Morgan fingerprint density at radius 3 is 0.739 bits per heavy atom. The molecule has 0 saturated heterocycles. The molecule has 0 aromatic heterocycles. The van der Waals surface area contributed by atoms with Crippen LogP contribution in [0.1, 0.15) is 438 Å². The fourth-order valence-electron chi connectivity index (χ4n) is 12.4. The van der Waals surface area contributed by atoms with Gasteiger partial charge in [-0.2, -0.15) is 0 Å². The van der Waals surface area contributed by atoms with Gasteiger partial charge in [-0.05, 0) is 57.8 Å². The van der Waals surface area contributed by atoms with E-state index in [0.717, 1.165) is 64.2 Å². The Labute approximate surface area is 551 Å². The first-order valence-corrected chi connectivity index (χ1v) is 39.8. The van der Waals surface area contributed by atoms with Crippen LogP contribution < -0.4 is 0 Å². The van der Waals surface area contributed by atoms with Crippen molar-refractivity contribution in [2.75, 3.05) is 13.2 Å². The maximum atomic E-state index is 12.4. The van der Waals surface area contributed by atoms with Crippen LogP contribution in [0.5, 0.6) is 0 Å². The maximum absolute atomic E-state index is 12.4. The zero-order chi connectivity index (χ0) is 63.3. The average Bonchev–Trinajstić information content (AvgIpc) is 3.56. The minimum Gasteiger partial charge on any atom is -0.462 e. The van der Waals surface area contributed by atoms with Crippen molar-refractivity contribution in [3.63, 3.8) is 0 Å². The van der Waals surface area contributed by atoms with Gasteiger partial charge in [-0.15, -0.1) is 0 Å². The molecule has 0 radical (unpaired) electrons. The molecule has 0 amide bonds. The number of hydrogen-bond acceptors (Lipinski definition) is 5. The third-order valence-corrected chi connectivity index (χ3v) is 18.3. The number of aliphatic hydroxyl groups excluding tert-OH is 1. The maximum Gasteiger partial charge on any atom is 0.306 e. The Bertz CT molecular complexity index is 1490. The summed E-state index contributed by atoms with van der Waals surface area (Å²) in [5, 5.41) is 9.73. The summed E-state index contributed by atoms with van der Waals surface area (Å²) >= 11 is 0. The van der Waals surface area contributed by atoms with E-state index in [-0.39, 0.29) is 25.2 Å². The molecule has 0 heterocycles. The van der Waals surface area contributed by atoms with Gasteiger partial charge in [-0.3, -0.25) is 9.59 Å². The molecule has 88 heavy (non-hydrogen) atoms. The number of ether oxygens (including phenoxy) is 2. The van der Waals surface area contributed by atoms with Crippen molar-refractivity contribution in [3.05, 3.63) is 60.8 Å². The molecule has 0 aromatic rings. The van der Waals surface area contributed by atoms with Gasteiger partial charge in [0.15, 0.2) is 6.10 Å². The molecule has 0 aliphatic heterocycles. The molecule has 516 valence electrons. The second-order valence-electron chi connectivity index (χ2n) is 27.1. The standard InChI is InChI=1S/C83H154O5/c1-3-5-7-9-11-13-15-17-19-21-23-25-27-29-31-33-35-37-38-39-40-41-42-43-44-46-47-49-51-53-55-57-59-61-63-65-67-69-71-73-75-77-82(85)87-80-81(79-84)88-83(86)78-76-74-72-70-68-66-64-62-60-58-56-54-52-50-48-45-36-34-32-30-28-26-24-22-20-18-16-14-12-10-8-6-4-2/h6,8,12,14,18,20,24,26,30,32,81,84H,3-5,7,9-11,13,15-17,19,21-23,25,27-29,31,33-80H2,1-2H3/b8-6-,14-12-,20-18-,26-24-,32-30-. The number of hydrogen-bond donors (Lipinski definition) is 1. The Hall–Kier alpha value is -2.40. The summed E-state index contributed by atoms with van der Waals surface area (Å²) in [5.74, 6) is -0.567. The van der Waals surface area contributed by atoms with Gasteiger partial charge in [0.25, 0.3) is 0 Å². The number of esters is 2. The molecule has 1 unspecified atom stereocenters. The van der Waals surface area contributed by atoms with E-state index in [1.165, 1.54) is 347 Å². The van der Waals surface area contributed by atoms with Gasteiger partial charge in [0.1, 0.15) is 6.61 Å². The summed E-state index contributed by atoms with van der Waals surface area (Å²) in [6.07, 6.45) is 109. The van der Waals surface area contributed by atoms with E-state index in [4.69, 9.17) is 9.47 Å². The molecule has 0 fully saturated rings. The molecule has 0 aliphatic carbocycles. The van der Waals surface area contributed by atoms with E-state index < -0.39 is 6.10 Å². The Balaban J connectivity index is 3.36. The van der Waals surface area contributed by atoms with Crippen molar-refractivity contribution in [2.24, 2.45) is 0 Å². The van der Waals surface area contributed by atoms with Crippen LogP contribution in [0, 0.1) is 0 Å². The number of rotatable bonds is 75. The predicted octanol–water partition coefficient (Wildman–Crippen LogP) is 28.0. The van der Waals surface area contributed by atoms with Crippen LogP contribution in [-0.2, 0) is 19.1 Å². The summed E-state index contributed by atoms with van der Waals surface area (Å²) < 4.78 is 10.8. The van der Waals surface area contributed by atoms with E-state index in [2.05, 4.69) is 74.6 Å². The topological polar surface area (TPSA) is 72.8 Å².